The Morgan fingerprint density at radius 1 is 1.30 bits per heavy atom. The van der Waals surface area contributed by atoms with Gasteiger partial charge in [0.05, 0.1) is 0 Å². The summed E-state index contributed by atoms with van der Waals surface area (Å²) in [5, 5.41) is 3.40. The molecule has 108 valence electrons. The van der Waals surface area contributed by atoms with Crippen molar-refractivity contribution in [3.05, 3.63) is 58.1 Å². The van der Waals surface area contributed by atoms with Gasteiger partial charge in [-0.15, -0.1) is 0 Å². The quantitative estimate of drug-likeness (QED) is 0.835. The fourth-order valence-corrected chi connectivity index (χ4v) is 2.38. The maximum atomic E-state index is 13.8. The van der Waals surface area contributed by atoms with Crippen molar-refractivity contribution in [3.63, 3.8) is 0 Å². The topological polar surface area (TPSA) is 17.0 Å². The Kier molecular flexibility index (Phi) is 5.38. The molecule has 20 heavy (non-hydrogen) atoms. The van der Waals surface area contributed by atoms with Crippen molar-refractivity contribution < 1.29 is 4.39 Å². The number of benzene rings is 1. The number of rotatable bonds is 6. The van der Waals surface area contributed by atoms with Crippen molar-refractivity contribution in [2.24, 2.45) is 5.92 Å². The summed E-state index contributed by atoms with van der Waals surface area (Å²) in [4.78, 5) is 0. The van der Waals surface area contributed by atoms with Crippen LogP contribution in [0.4, 0.5) is 4.39 Å². The summed E-state index contributed by atoms with van der Waals surface area (Å²) >= 11 is 3.27. The molecule has 0 spiro atoms. The van der Waals surface area contributed by atoms with Crippen LogP contribution in [0.3, 0.4) is 0 Å². The first-order valence-electron chi connectivity index (χ1n) is 6.84. The molecule has 2 nitrogen and oxygen atoms in total. The third-order valence-electron chi connectivity index (χ3n) is 3.06. The first-order valence-corrected chi connectivity index (χ1v) is 7.63. The van der Waals surface area contributed by atoms with Crippen LogP contribution in [-0.2, 0) is 13.1 Å². The Labute approximate surface area is 128 Å². The van der Waals surface area contributed by atoms with Crippen LogP contribution in [0, 0.1) is 11.7 Å². The SMILES string of the molecule is CC(C)CNCc1ccn(Cc2ccc(Br)cc2F)c1. The Morgan fingerprint density at radius 3 is 2.80 bits per heavy atom. The van der Waals surface area contributed by atoms with E-state index >= 15 is 0 Å². The van der Waals surface area contributed by atoms with Gasteiger partial charge in [0.1, 0.15) is 5.82 Å². The van der Waals surface area contributed by atoms with E-state index in [-0.39, 0.29) is 5.82 Å². The monoisotopic (exact) mass is 338 g/mol. The van der Waals surface area contributed by atoms with Crippen LogP contribution in [0.15, 0.2) is 41.1 Å². The Bertz CT molecular complexity index is 563. The van der Waals surface area contributed by atoms with E-state index in [0.717, 1.165) is 17.6 Å². The summed E-state index contributed by atoms with van der Waals surface area (Å²) in [6.07, 6.45) is 4.06. The highest BCUT2D eigenvalue weighted by atomic mass is 79.9. The first kappa shape index (κ1) is 15.3. The molecule has 0 bridgehead atoms. The lowest BCUT2D eigenvalue weighted by Crippen LogP contribution is -2.18. The standard InChI is InChI=1S/C16H20BrFN2/c1-12(2)8-19-9-13-5-6-20(10-13)11-14-3-4-15(17)7-16(14)18/h3-7,10,12,19H,8-9,11H2,1-2H3. The van der Waals surface area contributed by atoms with Crippen LogP contribution in [-0.4, -0.2) is 11.1 Å². The van der Waals surface area contributed by atoms with Gasteiger partial charge in [-0.1, -0.05) is 35.8 Å². The molecule has 0 aliphatic heterocycles. The number of aromatic nitrogens is 1. The first-order chi connectivity index (χ1) is 9.54. The van der Waals surface area contributed by atoms with E-state index in [0.29, 0.717) is 18.0 Å². The van der Waals surface area contributed by atoms with Gasteiger partial charge in [0.25, 0.3) is 0 Å². The average Bonchev–Trinajstić information content (AvgIpc) is 2.80. The average molecular weight is 339 g/mol. The predicted octanol–water partition coefficient (Wildman–Crippen LogP) is 4.18. The third-order valence-corrected chi connectivity index (χ3v) is 3.55. The number of halogens is 2. The van der Waals surface area contributed by atoms with E-state index in [4.69, 9.17) is 0 Å². The Morgan fingerprint density at radius 2 is 2.10 bits per heavy atom. The molecule has 0 saturated carbocycles. The molecule has 0 amide bonds. The molecule has 1 heterocycles. The molecular weight excluding hydrogens is 319 g/mol. The summed E-state index contributed by atoms with van der Waals surface area (Å²) < 4.78 is 16.6. The minimum absolute atomic E-state index is 0.174. The highest BCUT2D eigenvalue weighted by Gasteiger charge is 2.04. The zero-order chi connectivity index (χ0) is 14.5. The molecule has 0 unspecified atom stereocenters. The predicted molar refractivity (Wildman–Crippen MR) is 84.2 cm³/mol. The van der Waals surface area contributed by atoms with Crippen molar-refractivity contribution in [2.45, 2.75) is 26.9 Å². The van der Waals surface area contributed by atoms with Gasteiger partial charge in [0, 0.05) is 35.5 Å². The van der Waals surface area contributed by atoms with Crippen molar-refractivity contribution in [1.29, 1.82) is 0 Å². The van der Waals surface area contributed by atoms with Gasteiger partial charge in [-0.3, -0.25) is 0 Å². The van der Waals surface area contributed by atoms with Gasteiger partial charge < -0.3 is 9.88 Å². The van der Waals surface area contributed by atoms with E-state index in [1.54, 1.807) is 0 Å². The summed E-state index contributed by atoms with van der Waals surface area (Å²) in [5.41, 5.74) is 1.92. The fraction of sp³-hybridized carbons (Fsp3) is 0.375. The number of hydrogen-bond donors (Lipinski definition) is 1. The van der Waals surface area contributed by atoms with E-state index in [9.17, 15) is 4.39 Å². The zero-order valence-electron chi connectivity index (χ0n) is 11.9. The minimum atomic E-state index is -0.174. The Balaban J connectivity index is 1.95. The van der Waals surface area contributed by atoms with Gasteiger partial charge in [-0.2, -0.15) is 0 Å². The largest absolute Gasteiger partial charge is 0.349 e. The molecule has 0 atom stereocenters. The van der Waals surface area contributed by atoms with Crippen LogP contribution in [0.2, 0.25) is 0 Å². The minimum Gasteiger partial charge on any atom is -0.349 e. The molecule has 1 aromatic heterocycles. The van der Waals surface area contributed by atoms with E-state index in [1.165, 1.54) is 11.6 Å². The number of nitrogens with one attached hydrogen (secondary N) is 1. The summed E-state index contributed by atoms with van der Waals surface area (Å²) in [5.74, 6) is 0.474. The zero-order valence-corrected chi connectivity index (χ0v) is 13.5. The number of nitrogens with zero attached hydrogens (tertiary/aromatic N) is 1. The maximum Gasteiger partial charge on any atom is 0.129 e. The van der Waals surface area contributed by atoms with Crippen molar-refractivity contribution in [1.82, 2.24) is 9.88 Å². The van der Waals surface area contributed by atoms with E-state index in [1.807, 2.05) is 22.9 Å². The Hall–Kier alpha value is -1.13. The van der Waals surface area contributed by atoms with Crippen LogP contribution in [0.25, 0.3) is 0 Å². The molecule has 0 saturated heterocycles. The normalized spacial score (nSPS) is 11.2. The van der Waals surface area contributed by atoms with Crippen LogP contribution in [0.5, 0.6) is 0 Å². The molecular formula is C16H20BrFN2. The van der Waals surface area contributed by atoms with Crippen LogP contribution in [0.1, 0.15) is 25.0 Å². The third kappa shape index (κ3) is 4.46. The van der Waals surface area contributed by atoms with Gasteiger partial charge in [0.15, 0.2) is 0 Å². The summed E-state index contributed by atoms with van der Waals surface area (Å²) in [6.45, 7) is 6.80. The molecule has 2 aromatic rings. The molecule has 0 radical (unpaired) electrons. The second kappa shape index (κ2) is 7.04. The molecule has 0 fully saturated rings. The lowest BCUT2D eigenvalue weighted by Gasteiger charge is -2.06. The molecule has 1 N–H and O–H groups in total. The van der Waals surface area contributed by atoms with Gasteiger partial charge >= 0.3 is 0 Å². The van der Waals surface area contributed by atoms with Gasteiger partial charge in [-0.05, 0) is 36.2 Å². The van der Waals surface area contributed by atoms with Crippen molar-refractivity contribution in [3.8, 4) is 0 Å². The summed E-state index contributed by atoms with van der Waals surface area (Å²) in [6, 6.07) is 7.26. The molecule has 0 aliphatic carbocycles. The highest BCUT2D eigenvalue weighted by molar-refractivity contribution is 9.10. The van der Waals surface area contributed by atoms with Crippen LogP contribution >= 0.6 is 15.9 Å². The second-order valence-corrected chi connectivity index (χ2v) is 6.37. The van der Waals surface area contributed by atoms with E-state index in [2.05, 4.69) is 47.4 Å². The fourth-order valence-electron chi connectivity index (χ4n) is 2.05. The van der Waals surface area contributed by atoms with Gasteiger partial charge in [-0.25, -0.2) is 4.39 Å². The smallest absolute Gasteiger partial charge is 0.129 e. The second-order valence-electron chi connectivity index (χ2n) is 5.45. The molecule has 0 aliphatic rings. The van der Waals surface area contributed by atoms with Crippen LogP contribution < -0.4 is 5.32 Å². The van der Waals surface area contributed by atoms with Gasteiger partial charge in [0.2, 0.25) is 0 Å². The highest BCUT2D eigenvalue weighted by Crippen LogP contribution is 2.16. The number of hydrogen-bond acceptors (Lipinski definition) is 1. The maximum absolute atomic E-state index is 13.8. The van der Waals surface area contributed by atoms with Crippen molar-refractivity contribution in [2.75, 3.05) is 6.54 Å². The van der Waals surface area contributed by atoms with Crippen molar-refractivity contribution >= 4 is 15.9 Å². The molecule has 4 heteroatoms. The lowest BCUT2D eigenvalue weighted by molar-refractivity contribution is 0.552. The molecule has 2 rings (SSSR count). The van der Waals surface area contributed by atoms with E-state index < -0.39 is 0 Å². The lowest BCUT2D eigenvalue weighted by atomic mass is 10.2. The summed E-state index contributed by atoms with van der Waals surface area (Å²) in [7, 11) is 0. The molecule has 1 aromatic carbocycles.